The Bertz CT molecular complexity index is 824. The molecule has 2 aromatic rings. The highest BCUT2D eigenvalue weighted by molar-refractivity contribution is 5.84. The number of aryl methyl sites for hydroxylation is 1. The Morgan fingerprint density at radius 2 is 2.21 bits per heavy atom. The lowest BCUT2D eigenvalue weighted by Gasteiger charge is -2.33. The van der Waals surface area contributed by atoms with E-state index < -0.39 is 0 Å². The molecule has 1 amide bonds. The minimum Gasteiger partial charge on any atom is -0.385 e. The molecular formula is C23H33N3O3. The average Bonchev–Trinajstić information content (AvgIpc) is 3.52. The van der Waals surface area contributed by atoms with E-state index in [1.807, 2.05) is 12.3 Å². The predicted octanol–water partition coefficient (Wildman–Crippen LogP) is 4.08. The number of nitrogens with zero attached hydrogens (tertiary/aromatic N) is 3. The van der Waals surface area contributed by atoms with Gasteiger partial charge in [-0.25, -0.2) is 0 Å². The van der Waals surface area contributed by atoms with E-state index in [9.17, 15) is 4.79 Å². The minimum atomic E-state index is -0.276. The zero-order chi connectivity index (χ0) is 20.2. The van der Waals surface area contributed by atoms with Gasteiger partial charge in [-0.3, -0.25) is 9.78 Å². The van der Waals surface area contributed by atoms with Crippen molar-refractivity contribution in [3.8, 4) is 0 Å². The summed E-state index contributed by atoms with van der Waals surface area (Å²) < 4.78 is 13.3. The lowest BCUT2D eigenvalue weighted by molar-refractivity contribution is -0.149. The number of amides is 1. The number of unbranched alkanes of at least 4 members (excludes halogenated alkanes) is 1. The molecule has 158 valence electrons. The van der Waals surface area contributed by atoms with Gasteiger partial charge in [-0.1, -0.05) is 0 Å². The van der Waals surface area contributed by atoms with Crippen LogP contribution in [0.4, 0.5) is 0 Å². The smallest absolute Gasteiger partial charge is 0.252 e. The van der Waals surface area contributed by atoms with Crippen LogP contribution in [0, 0.1) is 0 Å². The van der Waals surface area contributed by atoms with Crippen molar-refractivity contribution in [2.24, 2.45) is 0 Å². The molecule has 0 unspecified atom stereocenters. The van der Waals surface area contributed by atoms with Crippen LogP contribution in [0.2, 0.25) is 0 Å². The van der Waals surface area contributed by atoms with Crippen molar-refractivity contribution in [1.82, 2.24) is 14.5 Å². The maximum Gasteiger partial charge on any atom is 0.252 e. The Balaban J connectivity index is 1.59. The lowest BCUT2D eigenvalue weighted by Crippen LogP contribution is -2.44. The van der Waals surface area contributed by atoms with Crippen LogP contribution in [0.5, 0.6) is 0 Å². The second-order valence-corrected chi connectivity index (χ2v) is 8.36. The number of pyridine rings is 1. The van der Waals surface area contributed by atoms with Crippen LogP contribution in [0.15, 0.2) is 24.5 Å². The molecule has 1 saturated heterocycles. The molecule has 6 heteroatoms. The first kappa shape index (κ1) is 20.4. The van der Waals surface area contributed by atoms with Crippen molar-refractivity contribution < 1.29 is 14.3 Å². The van der Waals surface area contributed by atoms with Crippen LogP contribution in [0.1, 0.15) is 63.5 Å². The third-order valence-corrected chi connectivity index (χ3v) is 6.18. The number of hydrogen-bond acceptors (Lipinski definition) is 4. The number of carbonyl (C=O) groups excluding carboxylic acids is 1. The van der Waals surface area contributed by atoms with Crippen LogP contribution in [0.25, 0.3) is 11.0 Å². The number of ether oxygens (including phenoxy) is 2. The Hall–Kier alpha value is -1.92. The molecule has 6 nitrogen and oxygen atoms in total. The van der Waals surface area contributed by atoms with Gasteiger partial charge in [0, 0.05) is 50.9 Å². The highest BCUT2D eigenvalue weighted by atomic mass is 16.5. The fourth-order valence-corrected chi connectivity index (χ4v) is 4.46. The van der Waals surface area contributed by atoms with Crippen molar-refractivity contribution in [2.45, 2.75) is 76.6 Å². The van der Waals surface area contributed by atoms with Crippen molar-refractivity contribution in [2.75, 3.05) is 20.3 Å². The topological polar surface area (TPSA) is 56.6 Å². The summed E-state index contributed by atoms with van der Waals surface area (Å²) in [5.41, 5.74) is 3.29. The molecule has 1 aliphatic heterocycles. The van der Waals surface area contributed by atoms with E-state index in [4.69, 9.17) is 9.47 Å². The maximum atomic E-state index is 13.3. The van der Waals surface area contributed by atoms with Gasteiger partial charge in [0.1, 0.15) is 6.10 Å². The monoisotopic (exact) mass is 399 g/mol. The molecule has 2 atom stereocenters. The van der Waals surface area contributed by atoms with Gasteiger partial charge >= 0.3 is 0 Å². The number of methoxy groups -OCH3 is 1. The van der Waals surface area contributed by atoms with Gasteiger partial charge in [0.2, 0.25) is 0 Å². The van der Waals surface area contributed by atoms with Gasteiger partial charge in [-0.15, -0.1) is 0 Å². The fraction of sp³-hybridized carbons (Fsp3) is 0.652. The maximum absolute atomic E-state index is 13.3. The second-order valence-electron chi connectivity index (χ2n) is 8.36. The van der Waals surface area contributed by atoms with E-state index in [1.165, 1.54) is 0 Å². The van der Waals surface area contributed by atoms with Gasteiger partial charge in [0.25, 0.3) is 5.91 Å². The van der Waals surface area contributed by atoms with Crippen LogP contribution in [-0.4, -0.2) is 52.8 Å². The summed E-state index contributed by atoms with van der Waals surface area (Å²) in [4.78, 5) is 20.1. The Morgan fingerprint density at radius 3 is 2.93 bits per heavy atom. The van der Waals surface area contributed by atoms with E-state index in [0.717, 1.165) is 74.7 Å². The number of hydrogen-bond donors (Lipinski definition) is 0. The van der Waals surface area contributed by atoms with Crippen molar-refractivity contribution >= 4 is 16.9 Å². The first-order chi connectivity index (χ1) is 14.2. The summed E-state index contributed by atoms with van der Waals surface area (Å²) in [6.07, 6.45) is 11.0. The standard InChI is InChI=1S/C23H33N3O3/c1-17(26(18-10-11-18)23(27)21-9-3-5-15-29-21)19-16-25(13-4-6-14-28-2)20-8-7-12-24-22(19)20/h7-8,12,16-18,21H,3-6,9-11,13-15H2,1-2H3/t17-,21+/m0/s1. The molecule has 0 N–H and O–H groups in total. The third-order valence-electron chi connectivity index (χ3n) is 6.18. The average molecular weight is 400 g/mol. The Kier molecular flexibility index (Phi) is 6.50. The molecular weight excluding hydrogens is 366 g/mol. The van der Waals surface area contributed by atoms with Gasteiger partial charge < -0.3 is 18.9 Å². The molecule has 29 heavy (non-hydrogen) atoms. The minimum absolute atomic E-state index is 0.00171. The van der Waals surface area contributed by atoms with Crippen molar-refractivity contribution in [3.05, 3.63) is 30.1 Å². The Labute approximate surface area is 173 Å². The molecule has 2 aliphatic rings. The molecule has 0 bridgehead atoms. The normalized spacial score (nSPS) is 20.7. The predicted molar refractivity (Wildman–Crippen MR) is 113 cm³/mol. The van der Waals surface area contributed by atoms with E-state index >= 15 is 0 Å². The number of rotatable bonds is 9. The molecule has 4 rings (SSSR count). The lowest BCUT2D eigenvalue weighted by atomic mass is 10.0. The molecule has 2 fully saturated rings. The molecule has 3 heterocycles. The Morgan fingerprint density at radius 1 is 1.34 bits per heavy atom. The summed E-state index contributed by atoms with van der Waals surface area (Å²) in [6, 6.07) is 4.45. The molecule has 1 aliphatic carbocycles. The van der Waals surface area contributed by atoms with Crippen LogP contribution < -0.4 is 0 Å². The number of carbonyl (C=O) groups is 1. The van der Waals surface area contributed by atoms with Gasteiger partial charge in [0.05, 0.1) is 17.1 Å². The van der Waals surface area contributed by atoms with Crippen molar-refractivity contribution in [3.63, 3.8) is 0 Å². The summed E-state index contributed by atoms with van der Waals surface area (Å²) in [7, 11) is 1.74. The van der Waals surface area contributed by atoms with Crippen LogP contribution >= 0.6 is 0 Å². The van der Waals surface area contributed by atoms with Gasteiger partial charge in [-0.2, -0.15) is 0 Å². The molecule has 0 spiro atoms. The van der Waals surface area contributed by atoms with E-state index in [1.54, 1.807) is 7.11 Å². The molecule has 0 radical (unpaired) electrons. The zero-order valence-corrected chi connectivity index (χ0v) is 17.7. The van der Waals surface area contributed by atoms with Crippen molar-refractivity contribution in [1.29, 1.82) is 0 Å². The molecule has 0 aromatic carbocycles. The highest BCUT2D eigenvalue weighted by Gasteiger charge is 2.40. The summed E-state index contributed by atoms with van der Waals surface area (Å²) in [5.74, 6) is 0.164. The highest BCUT2D eigenvalue weighted by Crippen LogP contribution is 2.38. The number of aromatic nitrogens is 2. The summed E-state index contributed by atoms with van der Waals surface area (Å²) in [5, 5.41) is 0. The summed E-state index contributed by atoms with van der Waals surface area (Å²) >= 11 is 0. The molecule has 1 saturated carbocycles. The van der Waals surface area contributed by atoms with E-state index in [-0.39, 0.29) is 18.1 Å². The van der Waals surface area contributed by atoms with Crippen LogP contribution in [-0.2, 0) is 20.8 Å². The third kappa shape index (κ3) is 4.48. The van der Waals surface area contributed by atoms with E-state index in [2.05, 4.69) is 33.6 Å². The second kappa shape index (κ2) is 9.26. The zero-order valence-electron chi connectivity index (χ0n) is 17.7. The largest absolute Gasteiger partial charge is 0.385 e. The number of fused-ring (bicyclic) bond motifs is 1. The van der Waals surface area contributed by atoms with Gasteiger partial charge in [-0.05, 0) is 64.0 Å². The fourth-order valence-electron chi connectivity index (χ4n) is 4.46. The summed E-state index contributed by atoms with van der Waals surface area (Å²) in [6.45, 7) is 4.57. The molecule has 2 aromatic heterocycles. The first-order valence-corrected chi connectivity index (χ1v) is 11.1. The SMILES string of the molecule is COCCCCn1cc([C@H](C)N(C(=O)[C@H]2CCCCO2)C2CC2)c2ncccc21. The first-order valence-electron chi connectivity index (χ1n) is 11.1. The van der Waals surface area contributed by atoms with Gasteiger partial charge in [0.15, 0.2) is 0 Å². The quantitative estimate of drug-likeness (QED) is 0.596. The van der Waals surface area contributed by atoms with E-state index in [0.29, 0.717) is 12.6 Å². The van der Waals surface area contributed by atoms with Crippen LogP contribution in [0.3, 0.4) is 0 Å².